The second-order valence-electron chi connectivity index (χ2n) is 7.08. The quantitative estimate of drug-likeness (QED) is 0.615. The van der Waals surface area contributed by atoms with Crippen molar-refractivity contribution in [1.82, 2.24) is 0 Å². The average Bonchev–Trinajstić information content (AvgIpc) is 2.01. The van der Waals surface area contributed by atoms with Gasteiger partial charge in [-0.15, -0.1) is 0 Å². The van der Waals surface area contributed by atoms with Crippen LogP contribution in [0.5, 0.6) is 0 Å². The van der Waals surface area contributed by atoms with Crippen molar-refractivity contribution in [3.05, 3.63) is 0 Å². The standard InChI is InChI=1S/C14H31B/c1-9(2)13(10(3)12(5)15)11(4)14(6,7)8/h9-13H,15H2,1-8H3. The molecule has 0 aromatic heterocycles. The van der Waals surface area contributed by atoms with Gasteiger partial charge in [-0.05, 0) is 29.1 Å². The summed E-state index contributed by atoms with van der Waals surface area (Å²) in [5.74, 6) is 4.03. The topological polar surface area (TPSA) is 0 Å². The molecule has 15 heavy (non-hydrogen) atoms. The van der Waals surface area contributed by atoms with Gasteiger partial charge in [-0.1, -0.05) is 61.2 Å². The van der Waals surface area contributed by atoms with Gasteiger partial charge < -0.3 is 0 Å². The van der Waals surface area contributed by atoms with Crippen LogP contribution in [-0.2, 0) is 0 Å². The summed E-state index contributed by atoms with van der Waals surface area (Å²) in [6.07, 6.45) is 0. The Morgan fingerprint density at radius 2 is 1.27 bits per heavy atom. The molecule has 0 N–H and O–H groups in total. The smallest absolute Gasteiger partial charge is 0.0697 e. The third-order valence-electron chi connectivity index (χ3n) is 4.37. The Kier molecular flexibility index (Phi) is 5.43. The van der Waals surface area contributed by atoms with Crippen LogP contribution in [0.1, 0.15) is 55.4 Å². The minimum Gasteiger partial charge on any atom is -0.0697 e. The Balaban J connectivity index is 4.82. The Morgan fingerprint density at radius 1 is 0.867 bits per heavy atom. The number of hydrogen-bond acceptors (Lipinski definition) is 0. The third-order valence-corrected chi connectivity index (χ3v) is 4.37. The normalized spacial score (nSPS) is 21.1. The first-order chi connectivity index (χ1) is 6.59. The summed E-state index contributed by atoms with van der Waals surface area (Å²) >= 11 is 0. The van der Waals surface area contributed by atoms with Gasteiger partial charge in [0.2, 0.25) is 0 Å². The molecule has 0 aromatic carbocycles. The monoisotopic (exact) mass is 210 g/mol. The highest BCUT2D eigenvalue weighted by molar-refractivity contribution is 6.11. The Labute approximate surface area is 98.6 Å². The van der Waals surface area contributed by atoms with Crippen LogP contribution in [0.4, 0.5) is 0 Å². The van der Waals surface area contributed by atoms with E-state index in [1.54, 1.807) is 0 Å². The fraction of sp³-hybridized carbons (Fsp3) is 1.00. The second kappa shape index (κ2) is 5.41. The average molecular weight is 210 g/mol. The van der Waals surface area contributed by atoms with Gasteiger partial charge in [-0.3, -0.25) is 0 Å². The van der Waals surface area contributed by atoms with Gasteiger partial charge in [0.05, 0.1) is 0 Å². The summed E-state index contributed by atoms with van der Waals surface area (Å²) in [6, 6.07) is 0. The molecule has 0 amide bonds. The van der Waals surface area contributed by atoms with Crippen LogP contribution >= 0.6 is 0 Å². The van der Waals surface area contributed by atoms with E-state index in [-0.39, 0.29) is 0 Å². The van der Waals surface area contributed by atoms with E-state index in [1.165, 1.54) is 0 Å². The first kappa shape index (κ1) is 15.1. The van der Waals surface area contributed by atoms with Gasteiger partial charge in [0.1, 0.15) is 7.85 Å². The first-order valence-electron chi connectivity index (χ1n) is 6.59. The molecule has 0 heterocycles. The van der Waals surface area contributed by atoms with Crippen molar-refractivity contribution in [2.75, 3.05) is 0 Å². The fourth-order valence-electron chi connectivity index (χ4n) is 2.66. The summed E-state index contributed by atoms with van der Waals surface area (Å²) in [5, 5.41) is 0. The summed E-state index contributed by atoms with van der Waals surface area (Å²) < 4.78 is 0. The molecule has 0 spiro atoms. The van der Waals surface area contributed by atoms with Crippen molar-refractivity contribution in [2.24, 2.45) is 29.1 Å². The van der Waals surface area contributed by atoms with E-state index in [9.17, 15) is 0 Å². The molecule has 1 heteroatoms. The predicted octanol–water partition coefficient (Wildman–Crippen LogP) is 4.02. The molecule has 0 saturated heterocycles. The number of rotatable bonds is 4. The van der Waals surface area contributed by atoms with Crippen molar-refractivity contribution >= 4 is 7.85 Å². The highest BCUT2D eigenvalue weighted by Crippen LogP contribution is 2.42. The molecule has 0 bridgehead atoms. The lowest BCUT2D eigenvalue weighted by molar-refractivity contribution is 0.0920. The van der Waals surface area contributed by atoms with Crippen LogP contribution in [0, 0.1) is 29.1 Å². The van der Waals surface area contributed by atoms with E-state index in [2.05, 4.69) is 63.2 Å². The molecule has 4 unspecified atom stereocenters. The van der Waals surface area contributed by atoms with Crippen molar-refractivity contribution in [3.63, 3.8) is 0 Å². The van der Waals surface area contributed by atoms with E-state index < -0.39 is 0 Å². The predicted molar refractivity (Wildman–Crippen MR) is 74.1 cm³/mol. The highest BCUT2D eigenvalue weighted by Gasteiger charge is 2.34. The van der Waals surface area contributed by atoms with Crippen molar-refractivity contribution in [1.29, 1.82) is 0 Å². The molecule has 0 saturated carbocycles. The van der Waals surface area contributed by atoms with E-state index in [4.69, 9.17) is 0 Å². The summed E-state index contributed by atoms with van der Waals surface area (Å²) in [5.41, 5.74) is 0.429. The van der Waals surface area contributed by atoms with Gasteiger partial charge in [0.15, 0.2) is 0 Å². The second-order valence-corrected chi connectivity index (χ2v) is 7.08. The molecule has 0 aromatic rings. The lowest BCUT2D eigenvalue weighted by Crippen LogP contribution is -2.34. The largest absolute Gasteiger partial charge is 0.105 e. The molecule has 0 aliphatic rings. The Morgan fingerprint density at radius 3 is 1.47 bits per heavy atom. The highest BCUT2D eigenvalue weighted by atomic mass is 14.4. The summed E-state index contributed by atoms with van der Waals surface area (Å²) in [6.45, 7) is 19.1. The molecule has 0 radical (unpaired) electrons. The summed E-state index contributed by atoms with van der Waals surface area (Å²) in [4.78, 5) is 0. The number of hydrogen-bond donors (Lipinski definition) is 0. The van der Waals surface area contributed by atoms with E-state index in [0.29, 0.717) is 5.41 Å². The van der Waals surface area contributed by atoms with Crippen LogP contribution in [0.3, 0.4) is 0 Å². The van der Waals surface area contributed by atoms with Crippen molar-refractivity contribution < 1.29 is 0 Å². The maximum absolute atomic E-state index is 2.43. The minimum absolute atomic E-state index is 0.429. The van der Waals surface area contributed by atoms with Crippen LogP contribution in [0.2, 0.25) is 5.82 Å². The molecular formula is C14H31B. The van der Waals surface area contributed by atoms with Crippen LogP contribution in [0.25, 0.3) is 0 Å². The maximum Gasteiger partial charge on any atom is 0.105 e. The molecule has 0 nitrogen and oxygen atoms in total. The molecule has 0 aliphatic heterocycles. The Bertz CT molecular complexity index is 176. The maximum atomic E-state index is 2.43. The van der Waals surface area contributed by atoms with Gasteiger partial charge in [-0.25, -0.2) is 0 Å². The van der Waals surface area contributed by atoms with Gasteiger partial charge in [-0.2, -0.15) is 0 Å². The first-order valence-corrected chi connectivity index (χ1v) is 6.59. The van der Waals surface area contributed by atoms with Crippen LogP contribution in [0.15, 0.2) is 0 Å². The Hall–Kier alpha value is 0.0649. The third kappa shape index (κ3) is 4.21. The van der Waals surface area contributed by atoms with Gasteiger partial charge >= 0.3 is 0 Å². The lowest BCUT2D eigenvalue weighted by atomic mass is 9.61. The molecule has 90 valence electrons. The van der Waals surface area contributed by atoms with Crippen LogP contribution < -0.4 is 0 Å². The zero-order valence-electron chi connectivity index (χ0n) is 12.4. The minimum atomic E-state index is 0.429. The molecule has 0 rings (SSSR count). The van der Waals surface area contributed by atoms with Crippen molar-refractivity contribution in [2.45, 2.75) is 61.2 Å². The van der Waals surface area contributed by atoms with Gasteiger partial charge in [0.25, 0.3) is 0 Å². The zero-order valence-corrected chi connectivity index (χ0v) is 12.4. The van der Waals surface area contributed by atoms with Crippen LogP contribution in [-0.4, -0.2) is 7.85 Å². The van der Waals surface area contributed by atoms with Crippen molar-refractivity contribution in [3.8, 4) is 0 Å². The van der Waals surface area contributed by atoms with Gasteiger partial charge in [0, 0.05) is 0 Å². The van der Waals surface area contributed by atoms with E-state index in [1.807, 2.05) is 0 Å². The molecule has 0 aliphatic carbocycles. The van der Waals surface area contributed by atoms with E-state index in [0.717, 1.165) is 29.5 Å². The van der Waals surface area contributed by atoms with E-state index >= 15 is 0 Å². The SMILES string of the molecule is BC(C)C(C)C(C(C)C)C(C)C(C)(C)C. The molecule has 0 fully saturated rings. The molecular weight excluding hydrogens is 179 g/mol. The fourth-order valence-corrected chi connectivity index (χ4v) is 2.66. The molecule has 4 atom stereocenters. The zero-order chi connectivity index (χ0) is 12.4. The lowest BCUT2D eigenvalue weighted by Gasteiger charge is -2.41. The summed E-state index contributed by atoms with van der Waals surface area (Å²) in [7, 11) is 2.36.